The highest BCUT2D eigenvalue weighted by Gasteiger charge is 2.10. The molecular formula is C10H12N2O. The molecule has 0 aliphatic rings. The number of rotatable bonds is 1. The van der Waals surface area contributed by atoms with Gasteiger partial charge in [-0.3, -0.25) is 4.79 Å². The van der Waals surface area contributed by atoms with Crippen molar-refractivity contribution in [3.63, 3.8) is 0 Å². The Kier molecular flexibility index (Phi) is 2.52. The van der Waals surface area contributed by atoms with Gasteiger partial charge in [-0.15, -0.1) is 0 Å². The van der Waals surface area contributed by atoms with Crippen LogP contribution in [-0.2, 0) is 7.05 Å². The lowest BCUT2D eigenvalue weighted by Crippen LogP contribution is -2.21. The van der Waals surface area contributed by atoms with E-state index in [4.69, 9.17) is 5.26 Å². The monoisotopic (exact) mass is 176 g/mol. The Labute approximate surface area is 77.2 Å². The number of pyridine rings is 1. The van der Waals surface area contributed by atoms with Gasteiger partial charge in [-0.05, 0) is 17.5 Å². The van der Waals surface area contributed by atoms with Crippen LogP contribution in [0.2, 0.25) is 0 Å². The van der Waals surface area contributed by atoms with E-state index >= 15 is 0 Å². The highest BCUT2D eigenvalue weighted by Crippen LogP contribution is 2.14. The van der Waals surface area contributed by atoms with Crippen LogP contribution in [0.5, 0.6) is 0 Å². The largest absolute Gasteiger partial charge is 0.317 e. The van der Waals surface area contributed by atoms with E-state index in [1.165, 1.54) is 4.57 Å². The van der Waals surface area contributed by atoms with Crippen molar-refractivity contribution in [2.75, 3.05) is 0 Å². The Morgan fingerprint density at radius 3 is 2.62 bits per heavy atom. The zero-order valence-corrected chi connectivity index (χ0v) is 8.03. The van der Waals surface area contributed by atoms with Gasteiger partial charge in [0.05, 0.1) is 0 Å². The van der Waals surface area contributed by atoms with Crippen LogP contribution in [0.25, 0.3) is 0 Å². The maximum Gasteiger partial charge on any atom is 0.268 e. The van der Waals surface area contributed by atoms with Gasteiger partial charge in [0.25, 0.3) is 5.56 Å². The summed E-state index contributed by atoms with van der Waals surface area (Å²) in [6.45, 7) is 3.94. The summed E-state index contributed by atoms with van der Waals surface area (Å²) in [4.78, 5) is 11.5. The average Bonchev–Trinajstić information content (AvgIpc) is 2.09. The van der Waals surface area contributed by atoms with E-state index in [2.05, 4.69) is 0 Å². The molecule has 0 radical (unpaired) electrons. The maximum absolute atomic E-state index is 11.5. The SMILES string of the molecule is CC(C)c1ccn(C)c(=O)c1C#N. The zero-order valence-electron chi connectivity index (χ0n) is 8.03. The first-order valence-electron chi connectivity index (χ1n) is 4.17. The number of nitrogens with zero attached hydrogens (tertiary/aromatic N) is 2. The predicted octanol–water partition coefficient (Wildman–Crippen LogP) is 1.38. The minimum absolute atomic E-state index is 0.212. The van der Waals surface area contributed by atoms with Crippen molar-refractivity contribution < 1.29 is 0 Å². The lowest BCUT2D eigenvalue weighted by molar-refractivity contribution is 0.806. The maximum atomic E-state index is 11.5. The molecule has 3 heteroatoms. The van der Waals surface area contributed by atoms with Gasteiger partial charge in [0.2, 0.25) is 0 Å². The second-order valence-corrected chi connectivity index (χ2v) is 3.33. The van der Waals surface area contributed by atoms with E-state index in [0.29, 0.717) is 0 Å². The standard InChI is InChI=1S/C10H12N2O/c1-7(2)8-4-5-12(3)10(13)9(8)6-11/h4-5,7H,1-3H3. The molecule has 0 spiro atoms. The number of aryl methyl sites for hydroxylation is 1. The molecule has 0 N–H and O–H groups in total. The predicted molar refractivity (Wildman–Crippen MR) is 50.5 cm³/mol. The molecule has 0 fully saturated rings. The lowest BCUT2D eigenvalue weighted by Gasteiger charge is -2.07. The Balaban J connectivity index is 3.51. The molecule has 0 aliphatic carbocycles. The van der Waals surface area contributed by atoms with Crippen LogP contribution >= 0.6 is 0 Å². The van der Waals surface area contributed by atoms with Crippen LogP contribution in [0.3, 0.4) is 0 Å². The molecule has 68 valence electrons. The Morgan fingerprint density at radius 2 is 2.15 bits per heavy atom. The molecule has 3 nitrogen and oxygen atoms in total. The van der Waals surface area contributed by atoms with Crippen molar-refractivity contribution in [1.29, 1.82) is 5.26 Å². The van der Waals surface area contributed by atoms with Gasteiger partial charge in [0, 0.05) is 13.2 Å². The average molecular weight is 176 g/mol. The quantitative estimate of drug-likeness (QED) is 0.649. The van der Waals surface area contributed by atoms with E-state index in [1.54, 1.807) is 13.2 Å². The zero-order chi connectivity index (χ0) is 10.0. The Hall–Kier alpha value is -1.56. The Bertz CT molecular complexity index is 410. The summed E-state index contributed by atoms with van der Waals surface area (Å²) in [6, 6.07) is 3.78. The van der Waals surface area contributed by atoms with Crippen molar-refractivity contribution in [3.8, 4) is 6.07 Å². The van der Waals surface area contributed by atoms with Crippen molar-refractivity contribution in [2.45, 2.75) is 19.8 Å². The van der Waals surface area contributed by atoms with Crippen LogP contribution in [-0.4, -0.2) is 4.57 Å². The molecule has 0 bridgehead atoms. The third-order valence-electron chi connectivity index (χ3n) is 2.03. The molecule has 0 aromatic carbocycles. The van der Waals surface area contributed by atoms with E-state index < -0.39 is 0 Å². The van der Waals surface area contributed by atoms with Crippen LogP contribution in [0, 0.1) is 11.3 Å². The molecule has 0 aliphatic heterocycles. The third kappa shape index (κ3) is 1.62. The minimum Gasteiger partial charge on any atom is -0.317 e. The van der Waals surface area contributed by atoms with Gasteiger partial charge in [0.15, 0.2) is 0 Å². The fourth-order valence-electron chi connectivity index (χ4n) is 1.24. The van der Waals surface area contributed by atoms with E-state index in [9.17, 15) is 4.79 Å². The fourth-order valence-corrected chi connectivity index (χ4v) is 1.24. The van der Waals surface area contributed by atoms with Crippen LogP contribution in [0.1, 0.15) is 30.9 Å². The molecule has 0 saturated carbocycles. The molecule has 0 amide bonds. The second kappa shape index (κ2) is 3.44. The summed E-state index contributed by atoms with van der Waals surface area (Å²) in [5.74, 6) is 0.212. The van der Waals surface area contributed by atoms with E-state index in [1.807, 2.05) is 26.0 Å². The van der Waals surface area contributed by atoms with Crippen LogP contribution in [0.4, 0.5) is 0 Å². The molecule has 1 rings (SSSR count). The normalized spacial score (nSPS) is 10.1. The Morgan fingerprint density at radius 1 is 1.54 bits per heavy atom. The van der Waals surface area contributed by atoms with Crippen LogP contribution < -0.4 is 5.56 Å². The number of hydrogen-bond donors (Lipinski definition) is 0. The van der Waals surface area contributed by atoms with Crippen molar-refractivity contribution >= 4 is 0 Å². The van der Waals surface area contributed by atoms with Gasteiger partial charge >= 0.3 is 0 Å². The minimum atomic E-state index is -0.214. The summed E-state index contributed by atoms with van der Waals surface area (Å²) in [7, 11) is 1.65. The number of hydrogen-bond acceptors (Lipinski definition) is 2. The lowest BCUT2D eigenvalue weighted by atomic mass is 10.00. The van der Waals surface area contributed by atoms with Crippen molar-refractivity contribution in [3.05, 3.63) is 33.7 Å². The summed E-state index contributed by atoms with van der Waals surface area (Å²) in [6.07, 6.45) is 1.69. The fraction of sp³-hybridized carbons (Fsp3) is 0.400. The number of nitriles is 1. The van der Waals surface area contributed by atoms with Gasteiger partial charge in [0.1, 0.15) is 11.6 Å². The van der Waals surface area contributed by atoms with Gasteiger partial charge in [-0.2, -0.15) is 5.26 Å². The van der Waals surface area contributed by atoms with E-state index in [0.717, 1.165) is 5.56 Å². The highest BCUT2D eigenvalue weighted by molar-refractivity contribution is 5.36. The molecule has 0 saturated heterocycles. The molecule has 13 heavy (non-hydrogen) atoms. The second-order valence-electron chi connectivity index (χ2n) is 3.33. The first-order valence-corrected chi connectivity index (χ1v) is 4.17. The number of aromatic nitrogens is 1. The molecular weight excluding hydrogens is 164 g/mol. The summed E-state index contributed by atoms with van der Waals surface area (Å²) >= 11 is 0. The molecule has 0 atom stereocenters. The summed E-state index contributed by atoms with van der Waals surface area (Å²) in [5, 5.41) is 8.81. The molecule has 1 heterocycles. The first kappa shape index (κ1) is 9.53. The third-order valence-corrected chi connectivity index (χ3v) is 2.03. The van der Waals surface area contributed by atoms with E-state index in [-0.39, 0.29) is 17.0 Å². The molecule has 1 aromatic rings. The van der Waals surface area contributed by atoms with Crippen molar-refractivity contribution in [2.24, 2.45) is 7.05 Å². The molecule has 1 aromatic heterocycles. The topological polar surface area (TPSA) is 45.8 Å². The molecule has 0 unspecified atom stereocenters. The van der Waals surface area contributed by atoms with Gasteiger partial charge in [-0.1, -0.05) is 13.8 Å². The highest BCUT2D eigenvalue weighted by atomic mass is 16.1. The smallest absolute Gasteiger partial charge is 0.268 e. The van der Waals surface area contributed by atoms with Crippen LogP contribution in [0.15, 0.2) is 17.1 Å². The first-order chi connectivity index (χ1) is 6.07. The summed E-state index contributed by atoms with van der Waals surface area (Å²) < 4.78 is 1.42. The van der Waals surface area contributed by atoms with Crippen molar-refractivity contribution in [1.82, 2.24) is 4.57 Å². The van der Waals surface area contributed by atoms with Gasteiger partial charge < -0.3 is 4.57 Å². The summed E-state index contributed by atoms with van der Waals surface area (Å²) in [5.41, 5.74) is 0.874. The van der Waals surface area contributed by atoms with Gasteiger partial charge in [-0.25, -0.2) is 0 Å².